The van der Waals surface area contributed by atoms with Gasteiger partial charge in [-0.15, -0.1) is 0 Å². The molecule has 0 radical (unpaired) electrons. The van der Waals surface area contributed by atoms with E-state index in [1.807, 2.05) is 91.0 Å². The molecule has 1 heterocycles. The molecule has 27 heavy (non-hydrogen) atoms. The molecule has 0 fully saturated rings. The summed E-state index contributed by atoms with van der Waals surface area (Å²) in [5.74, 6) is -0.596. The first-order valence-electron chi connectivity index (χ1n) is 8.61. The van der Waals surface area contributed by atoms with E-state index in [0.29, 0.717) is 6.29 Å². The van der Waals surface area contributed by atoms with Crippen molar-refractivity contribution in [1.82, 2.24) is 4.57 Å². The van der Waals surface area contributed by atoms with Crippen molar-refractivity contribution in [3.8, 4) is 0 Å². The average molecular weight is 355 g/mol. The first kappa shape index (κ1) is 16.8. The van der Waals surface area contributed by atoms with Gasteiger partial charge in [0.05, 0.1) is 6.20 Å². The highest BCUT2D eigenvalue weighted by atomic mass is 16.4. The van der Waals surface area contributed by atoms with E-state index < -0.39 is 11.3 Å². The van der Waals surface area contributed by atoms with E-state index in [1.54, 1.807) is 0 Å². The Kier molecular flexibility index (Phi) is 4.30. The van der Waals surface area contributed by atoms with Gasteiger partial charge in [0, 0.05) is 0 Å². The smallest absolute Gasteiger partial charge is 0.405 e. The third-order valence-electron chi connectivity index (χ3n) is 4.71. The Balaban J connectivity index is 2.18. The highest BCUT2D eigenvalue weighted by Crippen LogP contribution is 2.39. The summed E-state index contributed by atoms with van der Waals surface area (Å²) < 4.78 is 6.67. The Bertz CT molecular complexity index is 1000. The molecule has 0 saturated heterocycles. The molecular weight excluding hydrogens is 338 g/mol. The van der Waals surface area contributed by atoms with E-state index in [0.717, 1.165) is 16.7 Å². The molecule has 132 valence electrons. The van der Waals surface area contributed by atoms with E-state index in [4.69, 9.17) is 4.42 Å². The monoisotopic (exact) mass is 355 g/mol. The van der Waals surface area contributed by atoms with E-state index in [9.17, 15) is 9.59 Å². The van der Waals surface area contributed by atoms with Gasteiger partial charge in [0.2, 0.25) is 0 Å². The number of oxazole rings is 1. The molecule has 0 aliphatic rings. The maximum atomic E-state index is 12.8. The number of carbonyl (C=O) groups is 1. The lowest BCUT2D eigenvalue weighted by molar-refractivity contribution is 0.109. The van der Waals surface area contributed by atoms with Crippen LogP contribution in [0.3, 0.4) is 0 Å². The fraction of sp³-hybridized carbons (Fsp3) is 0.0435. The Morgan fingerprint density at radius 2 is 1.11 bits per heavy atom. The molecular formula is C23H17NO3. The number of hydrogen-bond donors (Lipinski definition) is 0. The molecule has 0 atom stereocenters. The van der Waals surface area contributed by atoms with Crippen LogP contribution in [-0.4, -0.2) is 10.9 Å². The largest absolute Gasteiger partial charge is 0.420 e. The van der Waals surface area contributed by atoms with Crippen molar-refractivity contribution in [3.63, 3.8) is 0 Å². The predicted octanol–water partition coefficient (Wildman–Crippen LogP) is 4.09. The Morgan fingerprint density at radius 3 is 1.44 bits per heavy atom. The maximum absolute atomic E-state index is 12.8. The van der Waals surface area contributed by atoms with Crippen molar-refractivity contribution >= 4 is 6.29 Å². The predicted molar refractivity (Wildman–Crippen MR) is 103 cm³/mol. The van der Waals surface area contributed by atoms with Gasteiger partial charge in [-0.2, -0.15) is 0 Å². The fourth-order valence-electron chi connectivity index (χ4n) is 3.60. The van der Waals surface area contributed by atoms with Crippen LogP contribution in [0.2, 0.25) is 0 Å². The lowest BCUT2D eigenvalue weighted by atomic mass is 9.77. The van der Waals surface area contributed by atoms with Crippen LogP contribution in [0.5, 0.6) is 0 Å². The summed E-state index contributed by atoms with van der Waals surface area (Å²) in [4.78, 5) is 24.1. The summed E-state index contributed by atoms with van der Waals surface area (Å²) in [5.41, 5.74) is 1.71. The third kappa shape index (κ3) is 2.72. The summed E-state index contributed by atoms with van der Waals surface area (Å²) in [6, 6.07) is 29.2. The normalized spacial score (nSPS) is 11.3. The van der Waals surface area contributed by atoms with Crippen molar-refractivity contribution < 1.29 is 9.21 Å². The van der Waals surface area contributed by atoms with Crippen LogP contribution >= 0.6 is 0 Å². The minimum Gasteiger partial charge on any atom is -0.405 e. The van der Waals surface area contributed by atoms with Crippen molar-refractivity contribution in [1.29, 1.82) is 0 Å². The van der Waals surface area contributed by atoms with Gasteiger partial charge in [0.25, 0.3) is 0 Å². The molecule has 0 N–H and O–H groups in total. The van der Waals surface area contributed by atoms with Crippen LogP contribution < -0.4 is 5.76 Å². The second-order valence-corrected chi connectivity index (χ2v) is 6.20. The third-order valence-corrected chi connectivity index (χ3v) is 4.71. The molecule has 4 aromatic rings. The van der Waals surface area contributed by atoms with Crippen molar-refractivity contribution in [2.75, 3.05) is 0 Å². The van der Waals surface area contributed by atoms with Crippen LogP contribution in [0.1, 0.15) is 27.2 Å². The number of aromatic nitrogens is 1. The topological polar surface area (TPSA) is 52.2 Å². The van der Waals surface area contributed by atoms with Gasteiger partial charge in [-0.1, -0.05) is 91.0 Å². The zero-order valence-corrected chi connectivity index (χ0v) is 14.5. The minimum absolute atomic E-state index is 0.00725. The summed E-state index contributed by atoms with van der Waals surface area (Å²) in [5, 5.41) is 0. The van der Waals surface area contributed by atoms with Gasteiger partial charge in [-0.05, 0) is 16.7 Å². The number of aldehydes is 1. The maximum Gasteiger partial charge on any atom is 0.420 e. The van der Waals surface area contributed by atoms with Gasteiger partial charge in [0.1, 0.15) is 5.54 Å². The Hall–Kier alpha value is -3.66. The second-order valence-electron chi connectivity index (χ2n) is 6.20. The van der Waals surface area contributed by atoms with Gasteiger partial charge in [-0.3, -0.25) is 9.36 Å². The lowest BCUT2D eigenvalue weighted by Crippen LogP contribution is -2.42. The van der Waals surface area contributed by atoms with Crippen molar-refractivity contribution in [2.45, 2.75) is 5.54 Å². The number of benzene rings is 3. The number of rotatable bonds is 5. The van der Waals surface area contributed by atoms with E-state index in [1.165, 1.54) is 10.8 Å². The summed E-state index contributed by atoms with van der Waals surface area (Å²) in [7, 11) is 0. The number of nitrogens with zero attached hydrogens (tertiary/aromatic N) is 1. The highest BCUT2D eigenvalue weighted by molar-refractivity contribution is 5.69. The van der Waals surface area contributed by atoms with Crippen LogP contribution in [0.4, 0.5) is 0 Å². The lowest BCUT2D eigenvalue weighted by Gasteiger charge is -2.36. The van der Waals surface area contributed by atoms with Gasteiger partial charge < -0.3 is 4.42 Å². The molecule has 0 unspecified atom stereocenters. The van der Waals surface area contributed by atoms with Crippen LogP contribution in [0.15, 0.2) is 106 Å². The molecule has 0 bridgehead atoms. The molecule has 0 aliphatic heterocycles. The molecule has 4 nitrogen and oxygen atoms in total. The summed E-state index contributed by atoms with van der Waals surface area (Å²) in [6.07, 6.45) is 2.02. The molecule has 0 spiro atoms. The average Bonchev–Trinajstić information content (AvgIpc) is 3.12. The summed E-state index contributed by atoms with van der Waals surface area (Å²) >= 11 is 0. The second kappa shape index (κ2) is 6.92. The van der Waals surface area contributed by atoms with Crippen molar-refractivity contribution in [3.05, 3.63) is 130 Å². The first-order valence-corrected chi connectivity index (χ1v) is 8.61. The fourth-order valence-corrected chi connectivity index (χ4v) is 3.60. The van der Waals surface area contributed by atoms with Gasteiger partial charge in [0.15, 0.2) is 12.0 Å². The summed E-state index contributed by atoms with van der Waals surface area (Å²) in [6.45, 7) is 0. The van der Waals surface area contributed by atoms with Crippen molar-refractivity contribution in [2.24, 2.45) is 0 Å². The zero-order chi connectivity index (χ0) is 18.7. The highest BCUT2D eigenvalue weighted by Gasteiger charge is 2.40. The molecule has 0 amide bonds. The van der Waals surface area contributed by atoms with Gasteiger partial charge in [-0.25, -0.2) is 4.79 Å². The van der Waals surface area contributed by atoms with E-state index in [2.05, 4.69) is 0 Å². The molecule has 3 aromatic carbocycles. The van der Waals surface area contributed by atoms with Gasteiger partial charge >= 0.3 is 5.76 Å². The van der Waals surface area contributed by atoms with Crippen LogP contribution in [-0.2, 0) is 5.54 Å². The number of hydrogen-bond acceptors (Lipinski definition) is 3. The molecule has 0 aliphatic carbocycles. The van der Waals surface area contributed by atoms with Crippen LogP contribution in [0, 0.1) is 0 Å². The van der Waals surface area contributed by atoms with E-state index in [-0.39, 0.29) is 5.76 Å². The Labute approximate surface area is 156 Å². The number of carbonyl (C=O) groups excluding carboxylic acids is 1. The minimum atomic E-state index is -0.967. The molecule has 0 saturated carbocycles. The molecule has 1 aromatic heterocycles. The first-order chi connectivity index (χ1) is 13.3. The van der Waals surface area contributed by atoms with E-state index >= 15 is 0 Å². The zero-order valence-electron chi connectivity index (χ0n) is 14.5. The Morgan fingerprint density at radius 1 is 0.704 bits per heavy atom. The quantitative estimate of drug-likeness (QED) is 0.400. The standard InChI is InChI=1S/C23H17NO3/c25-17-21-16-24(22(26)27-21)23(18-10-4-1-5-11-18,19-12-6-2-7-13-19)20-14-8-3-9-15-20/h1-17H. The van der Waals surface area contributed by atoms with Crippen LogP contribution in [0.25, 0.3) is 0 Å². The molecule has 4 heteroatoms. The SMILES string of the molecule is O=Cc1cn(C(c2ccccc2)(c2ccccc2)c2ccccc2)c(=O)o1. The molecule has 4 rings (SSSR count).